The predicted octanol–water partition coefficient (Wildman–Crippen LogP) is 3.87. The Morgan fingerprint density at radius 2 is 1.88 bits per heavy atom. The van der Waals surface area contributed by atoms with Crippen molar-refractivity contribution in [3.05, 3.63) is 35.5 Å². The Morgan fingerprint density at radius 1 is 1.20 bits per heavy atom. The highest BCUT2D eigenvalue weighted by Crippen LogP contribution is 2.35. The number of hydrogen-bond acceptors (Lipinski definition) is 3. The van der Waals surface area contributed by atoms with Crippen molar-refractivity contribution in [2.24, 2.45) is 0 Å². The van der Waals surface area contributed by atoms with Crippen LogP contribution in [0, 0.1) is 6.92 Å². The summed E-state index contributed by atoms with van der Waals surface area (Å²) in [5.74, 6) is 0.915. The molecule has 0 bridgehead atoms. The Hall–Kier alpha value is -1.33. The Bertz CT molecular complexity index is 815. The summed E-state index contributed by atoms with van der Waals surface area (Å²) in [5.41, 5.74) is 4.01. The van der Waals surface area contributed by atoms with Gasteiger partial charge in [-0.25, -0.2) is 8.42 Å². The number of para-hydroxylation sites is 1. The summed E-state index contributed by atoms with van der Waals surface area (Å²) in [5, 5.41) is 1.10. The van der Waals surface area contributed by atoms with Gasteiger partial charge in [0.25, 0.3) is 0 Å². The van der Waals surface area contributed by atoms with Crippen molar-refractivity contribution in [2.75, 3.05) is 25.4 Å². The number of benzene rings is 1. The molecule has 1 aliphatic rings. The molecule has 2 heterocycles. The van der Waals surface area contributed by atoms with Crippen molar-refractivity contribution >= 4 is 20.7 Å². The Morgan fingerprint density at radius 3 is 2.56 bits per heavy atom. The molecule has 0 aliphatic carbocycles. The van der Waals surface area contributed by atoms with Crippen LogP contribution in [-0.2, 0) is 9.84 Å². The van der Waals surface area contributed by atoms with E-state index in [9.17, 15) is 8.42 Å². The van der Waals surface area contributed by atoms with Crippen LogP contribution >= 0.6 is 0 Å². The SMILES string of the molecule is Cc1[nH]c2ccccc2c1C1CCN(CCCS(=O)(=O)C(C)C)CC1. The lowest BCUT2D eigenvalue weighted by molar-refractivity contribution is 0.213. The number of piperidine rings is 1. The molecule has 1 N–H and O–H groups in total. The lowest BCUT2D eigenvalue weighted by atomic mass is 9.87. The zero-order valence-electron chi connectivity index (χ0n) is 15.6. The van der Waals surface area contributed by atoms with Crippen LogP contribution in [0.1, 0.15) is 50.3 Å². The third kappa shape index (κ3) is 4.09. The number of hydrogen-bond donors (Lipinski definition) is 1. The number of aryl methyl sites for hydroxylation is 1. The van der Waals surface area contributed by atoms with Gasteiger partial charge in [0.05, 0.1) is 11.0 Å². The number of aromatic amines is 1. The third-order valence-corrected chi connectivity index (χ3v) is 7.85. The van der Waals surface area contributed by atoms with E-state index in [2.05, 4.69) is 41.1 Å². The first-order chi connectivity index (χ1) is 11.9. The maximum Gasteiger partial charge on any atom is 0.152 e. The van der Waals surface area contributed by atoms with Gasteiger partial charge in [-0.2, -0.15) is 0 Å². The van der Waals surface area contributed by atoms with E-state index in [0.29, 0.717) is 11.7 Å². The molecule has 0 radical (unpaired) electrons. The minimum Gasteiger partial charge on any atom is -0.358 e. The first kappa shape index (κ1) is 18.5. The van der Waals surface area contributed by atoms with Crippen LogP contribution < -0.4 is 0 Å². The molecule has 4 nitrogen and oxygen atoms in total. The zero-order valence-corrected chi connectivity index (χ0v) is 16.4. The number of fused-ring (bicyclic) bond motifs is 1. The molecule has 1 aliphatic heterocycles. The lowest BCUT2D eigenvalue weighted by Crippen LogP contribution is -2.34. The molecule has 1 aromatic carbocycles. The maximum atomic E-state index is 11.9. The monoisotopic (exact) mass is 362 g/mol. The van der Waals surface area contributed by atoms with E-state index in [4.69, 9.17) is 0 Å². The molecule has 1 aromatic heterocycles. The lowest BCUT2D eigenvalue weighted by Gasteiger charge is -2.32. The second-order valence-corrected chi connectivity index (χ2v) is 10.3. The smallest absolute Gasteiger partial charge is 0.152 e. The molecule has 2 aromatic rings. The van der Waals surface area contributed by atoms with Crippen molar-refractivity contribution < 1.29 is 8.42 Å². The van der Waals surface area contributed by atoms with Crippen LogP contribution in [0.4, 0.5) is 0 Å². The van der Waals surface area contributed by atoms with Crippen LogP contribution in [-0.4, -0.2) is 48.9 Å². The van der Waals surface area contributed by atoms with Gasteiger partial charge in [-0.15, -0.1) is 0 Å². The van der Waals surface area contributed by atoms with Gasteiger partial charge >= 0.3 is 0 Å². The Labute approximate surface area is 151 Å². The molecule has 0 amide bonds. The summed E-state index contributed by atoms with van der Waals surface area (Å²) in [6.07, 6.45) is 3.05. The summed E-state index contributed by atoms with van der Waals surface area (Å²) in [6.45, 7) is 8.73. The fourth-order valence-electron chi connectivity index (χ4n) is 3.99. The molecule has 138 valence electrons. The molecule has 0 saturated carbocycles. The number of aromatic nitrogens is 1. The molecular formula is C20H30N2O2S. The minimum atomic E-state index is -2.91. The molecule has 25 heavy (non-hydrogen) atoms. The van der Waals surface area contributed by atoms with E-state index >= 15 is 0 Å². The van der Waals surface area contributed by atoms with Gasteiger partial charge in [0.1, 0.15) is 0 Å². The van der Waals surface area contributed by atoms with E-state index < -0.39 is 9.84 Å². The maximum absolute atomic E-state index is 11.9. The molecule has 0 unspecified atom stereocenters. The van der Waals surface area contributed by atoms with Crippen LogP contribution in [0.5, 0.6) is 0 Å². The van der Waals surface area contributed by atoms with E-state index in [-0.39, 0.29) is 5.25 Å². The number of H-pyrrole nitrogens is 1. The van der Waals surface area contributed by atoms with Crippen molar-refractivity contribution in [3.8, 4) is 0 Å². The molecule has 5 heteroatoms. The summed E-state index contributed by atoms with van der Waals surface area (Å²) in [7, 11) is -2.91. The second-order valence-electron chi connectivity index (χ2n) is 7.59. The van der Waals surface area contributed by atoms with Gasteiger partial charge < -0.3 is 9.88 Å². The van der Waals surface area contributed by atoms with Crippen LogP contribution in [0.25, 0.3) is 10.9 Å². The van der Waals surface area contributed by atoms with Gasteiger partial charge in [-0.05, 0) is 77.2 Å². The van der Waals surface area contributed by atoms with Crippen LogP contribution in [0.2, 0.25) is 0 Å². The fraction of sp³-hybridized carbons (Fsp3) is 0.600. The highest BCUT2D eigenvalue weighted by molar-refractivity contribution is 7.91. The summed E-state index contributed by atoms with van der Waals surface area (Å²) >= 11 is 0. The molecular weight excluding hydrogens is 332 g/mol. The molecule has 0 atom stereocenters. The van der Waals surface area contributed by atoms with E-state index in [1.807, 2.05) is 0 Å². The Balaban J connectivity index is 1.56. The van der Waals surface area contributed by atoms with Gasteiger partial charge in [-0.3, -0.25) is 0 Å². The van der Waals surface area contributed by atoms with Crippen LogP contribution in [0.15, 0.2) is 24.3 Å². The van der Waals surface area contributed by atoms with Crippen molar-refractivity contribution in [1.29, 1.82) is 0 Å². The summed E-state index contributed by atoms with van der Waals surface area (Å²) in [6, 6.07) is 8.56. The number of rotatable bonds is 6. The topological polar surface area (TPSA) is 53.2 Å². The second kappa shape index (κ2) is 7.50. The quantitative estimate of drug-likeness (QED) is 0.849. The van der Waals surface area contributed by atoms with Crippen molar-refractivity contribution in [3.63, 3.8) is 0 Å². The van der Waals surface area contributed by atoms with Crippen LogP contribution in [0.3, 0.4) is 0 Å². The van der Waals surface area contributed by atoms with Crippen molar-refractivity contribution in [1.82, 2.24) is 9.88 Å². The number of likely N-dealkylation sites (tertiary alicyclic amines) is 1. The largest absolute Gasteiger partial charge is 0.358 e. The fourth-order valence-corrected chi connectivity index (χ4v) is 5.00. The van der Waals surface area contributed by atoms with E-state index in [0.717, 1.165) is 38.9 Å². The zero-order chi connectivity index (χ0) is 18.0. The summed E-state index contributed by atoms with van der Waals surface area (Å²) in [4.78, 5) is 5.94. The van der Waals surface area contributed by atoms with E-state index in [1.165, 1.54) is 22.2 Å². The van der Waals surface area contributed by atoms with Gasteiger partial charge in [0.15, 0.2) is 9.84 Å². The predicted molar refractivity (Wildman–Crippen MR) is 105 cm³/mol. The molecule has 0 spiro atoms. The van der Waals surface area contributed by atoms with Crippen molar-refractivity contribution in [2.45, 2.75) is 51.2 Å². The third-order valence-electron chi connectivity index (χ3n) is 5.56. The molecule has 3 rings (SSSR count). The summed E-state index contributed by atoms with van der Waals surface area (Å²) < 4.78 is 23.8. The average molecular weight is 363 g/mol. The Kier molecular flexibility index (Phi) is 5.54. The first-order valence-electron chi connectivity index (χ1n) is 9.39. The highest BCUT2D eigenvalue weighted by Gasteiger charge is 2.24. The molecule has 1 saturated heterocycles. The molecule has 1 fully saturated rings. The highest BCUT2D eigenvalue weighted by atomic mass is 32.2. The number of nitrogens with one attached hydrogen (secondary N) is 1. The number of nitrogens with zero attached hydrogens (tertiary/aromatic N) is 1. The first-order valence-corrected chi connectivity index (χ1v) is 11.1. The van der Waals surface area contributed by atoms with E-state index in [1.54, 1.807) is 13.8 Å². The standard InChI is InChI=1S/C20H30N2O2S/c1-15(2)25(23,24)14-6-11-22-12-9-17(10-13-22)20-16(3)21-19-8-5-4-7-18(19)20/h4-5,7-8,15,17,21H,6,9-14H2,1-3H3. The van der Waals surface area contributed by atoms with Gasteiger partial charge in [-0.1, -0.05) is 18.2 Å². The van der Waals surface area contributed by atoms with Gasteiger partial charge in [0.2, 0.25) is 0 Å². The minimum absolute atomic E-state index is 0.261. The normalized spacial score (nSPS) is 17.6. The average Bonchev–Trinajstić information content (AvgIpc) is 2.91. The number of sulfone groups is 1. The van der Waals surface area contributed by atoms with Gasteiger partial charge in [0, 0.05) is 16.6 Å².